The number of primary amides is 1. The number of hydrogen-bond donors (Lipinski definition) is 2. The van der Waals surface area contributed by atoms with Gasteiger partial charge in [0, 0.05) is 19.2 Å². The smallest absolute Gasteiger partial charge is 0.407 e. The summed E-state index contributed by atoms with van der Waals surface area (Å²) in [5, 5.41) is 9.66. The third-order valence-corrected chi connectivity index (χ3v) is 5.48. The molecule has 10 nitrogen and oxygen atoms in total. The van der Waals surface area contributed by atoms with Gasteiger partial charge >= 0.3 is 12.1 Å². The van der Waals surface area contributed by atoms with Crippen LogP contribution in [-0.2, 0) is 11.3 Å². The highest BCUT2D eigenvalue weighted by molar-refractivity contribution is 5.99. The summed E-state index contributed by atoms with van der Waals surface area (Å²) in [4.78, 5) is 30.8. The minimum Gasteiger partial charge on any atom is -0.496 e. The zero-order valence-electron chi connectivity index (χ0n) is 18.0. The topological polar surface area (TPSA) is 131 Å². The van der Waals surface area contributed by atoms with Crippen molar-refractivity contribution in [1.82, 2.24) is 9.88 Å². The fourth-order valence-electron chi connectivity index (χ4n) is 3.89. The maximum Gasteiger partial charge on any atom is 0.407 e. The molecule has 0 aliphatic carbocycles. The van der Waals surface area contributed by atoms with Crippen molar-refractivity contribution < 1.29 is 28.6 Å². The van der Waals surface area contributed by atoms with Crippen LogP contribution in [0, 0.1) is 0 Å². The molecule has 0 saturated carbocycles. The Bertz CT molecular complexity index is 1130. The van der Waals surface area contributed by atoms with E-state index >= 15 is 0 Å². The molecule has 1 aliphatic rings. The largest absolute Gasteiger partial charge is 0.496 e. The Labute approximate surface area is 190 Å². The first-order chi connectivity index (χ1) is 16.0. The van der Waals surface area contributed by atoms with Crippen molar-refractivity contribution in [3.63, 3.8) is 0 Å². The van der Waals surface area contributed by atoms with Crippen molar-refractivity contribution in [2.45, 2.75) is 19.0 Å². The van der Waals surface area contributed by atoms with Crippen LogP contribution in [0.3, 0.4) is 0 Å². The number of urea groups is 1. The normalized spacial score (nSPS) is 15.2. The average Bonchev–Trinajstić information content (AvgIpc) is 3.52. The lowest BCUT2D eigenvalue weighted by Crippen LogP contribution is -2.39. The molecule has 10 heteroatoms. The van der Waals surface area contributed by atoms with E-state index in [1.54, 1.807) is 42.6 Å². The SMILES string of the molecule is COc1cc(N(C(N)=O)c2cccc(CN(C(=O)O)C3CCOC3)c2)ccc1-c1cnco1. The Kier molecular flexibility index (Phi) is 6.45. The molecule has 3 amide bonds. The van der Waals surface area contributed by atoms with Crippen LogP contribution in [0.2, 0.25) is 0 Å². The van der Waals surface area contributed by atoms with E-state index in [0.29, 0.717) is 48.1 Å². The molecule has 172 valence electrons. The number of carbonyl (C=O) groups excluding carboxylic acids is 1. The predicted molar refractivity (Wildman–Crippen MR) is 119 cm³/mol. The maximum atomic E-state index is 12.4. The number of amides is 3. The number of benzene rings is 2. The van der Waals surface area contributed by atoms with Gasteiger partial charge in [0.1, 0.15) is 5.75 Å². The molecule has 33 heavy (non-hydrogen) atoms. The van der Waals surface area contributed by atoms with E-state index in [1.807, 2.05) is 6.07 Å². The summed E-state index contributed by atoms with van der Waals surface area (Å²) in [7, 11) is 1.52. The summed E-state index contributed by atoms with van der Waals surface area (Å²) >= 11 is 0. The van der Waals surface area contributed by atoms with Crippen LogP contribution < -0.4 is 15.4 Å². The fraction of sp³-hybridized carbons (Fsp3) is 0.261. The number of carbonyl (C=O) groups is 2. The average molecular weight is 452 g/mol. The molecule has 1 atom stereocenters. The van der Waals surface area contributed by atoms with E-state index in [2.05, 4.69) is 4.98 Å². The first-order valence-corrected chi connectivity index (χ1v) is 10.3. The summed E-state index contributed by atoms with van der Waals surface area (Å²) in [6, 6.07) is 11.3. The molecule has 1 saturated heterocycles. The number of methoxy groups -OCH3 is 1. The van der Waals surface area contributed by atoms with Gasteiger partial charge in [0.15, 0.2) is 12.2 Å². The molecule has 1 unspecified atom stereocenters. The summed E-state index contributed by atoms with van der Waals surface area (Å²) in [6.45, 7) is 1.07. The maximum absolute atomic E-state index is 12.4. The summed E-state index contributed by atoms with van der Waals surface area (Å²) in [5.74, 6) is 1.00. The fourth-order valence-corrected chi connectivity index (χ4v) is 3.89. The van der Waals surface area contributed by atoms with E-state index in [-0.39, 0.29) is 12.6 Å². The third kappa shape index (κ3) is 4.75. The van der Waals surface area contributed by atoms with Crippen LogP contribution in [0.1, 0.15) is 12.0 Å². The molecular formula is C23H24N4O6. The van der Waals surface area contributed by atoms with Crippen LogP contribution in [0.4, 0.5) is 21.0 Å². The highest BCUT2D eigenvalue weighted by Gasteiger charge is 2.27. The molecule has 0 bridgehead atoms. The molecule has 4 rings (SSSR count). The van der Waals surface area contributed by atoms with E-state index in [1.165, 1.54) is 23.3 Å². The van der Waals surface area contributed by atoms with E-state index in [9.17, 15) is 14.7 Å². The van der Waals surface area contributed by atoms with Gasteiger partial charge in [-0.1, -0.05) is 12.1 Å². The molecule has 3 aromatic rings. The number of hydrogen-bond acceptors (Lipinski definition) is 6. The van der Waals surface area contributed by atoms with Gasteiger partial charge in [-0.2, -0.15) is 0 Å². The Balaban J connectivity index is 1.65. The van der Waals surface area contributed by atoms with Crippen LogP contribution in [-0.4, -0.2) is 53.5 Å². The number of carboxylic acid groups (broad SMARTS) is 1. The second-order valence-corrected chi connectivity index (χ2v) is 7.52. The minimum absolute atomic E-state index is 0.164. The van der Waals surface area contributed by atoms with Gasteiger partial charge in [0.05, 0.1) is 42.9 Å². The molecular weight excluding hydrogens is 428 g/mol. The predicted octanol–water partition coefficient (Wildman–Crippen LogP) is 3.84. The second-order valence-electron chi connectivity index (χ2n) is 7.52. The van der Waals surface area contributed by atoms with E-state index < -0.39 is 12.1 Å². The quantitative estimate of drug-likeness (QED) is 0.557. The Morgan fingerprint density at radius 3 is 2.70 bits per heavy atom. The van der Waals surface area contributed by atoms with Crippen molar-refractivity contribution >= 4 is 23.5 Å². The minimum atomic E-state index is -1.02. The van der Waals surface area contributed by atoms with Gasteiger partial charge in [0.2, 0.25) is 0 Å². The number of oxazole rings is 1. The van der Waals surface area contributed by atoms with Crippen LogP contribution >= 0.6 is 0 Å². The number of anilines is 2. The zero-order chi connectivity index (χ0) is 23.4. The van der Waals surface area contributed by atoms with E-state index in [0.717, 1.165) is 5.56 Å². The van der Waals surface area contributed by atoms with Gasteiger partial charge < -0.3 is 24.7 Å². The van der Waals surface area contributed by atoms with Crippen molar-refractivity contribution in [3.8, 4) is 17.1 Å². The molecule has 1 aliphatic heterocycles. The zero-order valence-corrected chi connectivity index (χ0v) is 18.0. The second kappa shape index (κ2) is 9.61. The Morgan fingerprint density at radius 1 is 1.24 bits per heavy atom. The van der Waals surface area contributed by atoms with Crippen molar-refractivity contribution in [2.75, 3.05) is 25.2 Å². The lowest BCUT2D eigenvalue weighted by atomic mass is 10.1. The van der Waals surface area contributed by atoms with Gasteiger partial charge in [0.25, 0.3) is 0 Å². The molecule has 1 aromatic heterocycles. The molecule has 0 spiro atoms. The summed E-state index contributed by atoms with van der Waals surface area (Å²) < 4.78 is 16.2. The number of ether oxygens (including phenoxy) is 2. The van der Waals surface area contributed by atoms with Gasteiger partial charge in [-0.15, -0.1) is 0 Å². The monoisotopic (exact) mass is 452 g/mol. The first-order valence-electron chi connectivity index (χ1n) is 10.3. The molecule has 0 radical (unpaired) electrons. The number of nitrogens with zero attached hydrogens (tertiary/aromatic N) is 3. The third-order valence-electron chi connectivity index (χ3n) is 5.48. The number of nitrogens with two attached hydrogens (primary N) is 1. The van der Waals surface area contributed by atoms with Crippen molar-refractivity contribution in [1.29, 1.82) is 0 Å². The lowest BCUT2D eigenvalue weighted by Gasteiger charge is -2.26. The van der Waals surface area contributed by atoms with Gasteiger partial charge in [-0.25, -0.2) is 14.6 Å². The number of aromatic nitrogens is 1. The van der Waals surface area contributed by atoms with Gasteiger partial charge in [-0.3, -0.25) is 9.80 Å². The number of rotatable bonds is 7. The standard InChI is InChI=1S/C23H24N4O6/c1-31-20-10-17(5-6-19(20)21-11-25-14-33-21)27(22(24)28)16-4-2-3-15(9-16)12-26(23(29)30)18-7-8-32-13-18/h2-6,9-11,14,18H,7-8,12-13H2,1H3,(H2,24,28)(H,29,30). The van der Waals surface area contributed by atoms with Gasteiger partial charge in [-0.05, 0) is 36.2 Å². The molecule has 2 aromatic carbocycles. The van der Waals surface area contributed by atoms with Crippen molar-refractivity contribution in [3.05, 3.63) is 60.6 Å². The van der Waals surface area contributed by atoms with Crippen LogP contribution in [0.25, 0.3) is 11.3 Å². The molecule has 1 fully saturated rings. The summed E-state index contributed by atoms with van der Waals surface area (Å²) in [6.07, 6.45) is 2.52. The molecule has 2 heterocycles. The highest BCUT2D eigenvalue weighted by Crippen LogP contribution is 2.36. The summed E-state index contributed by atoms with van der Waals surface area (Å²) in [5.41, 5.74) is 8.10. The van der Waals surface area contributed by atoms with Crippen LogP contribution in [0.5, 0.6) is 5.75 Å². The van der Waals surface area contributed by atoms with Crippen molar-refractivity contribution in [2.24, 2.45) is 5.73 Å². The lowest BCUT2D eigenvalue weighted by molar-refractivity contribution is 0.108. The first kappa shape index (κ1) is 22.2. The van der Waals surface area contributed by atoms with Crippen LogP contribution in [0.15, 0.2) is 59.5 Å². The highest BCUT2D eigenvalue weighted by atomic mass is 16.5. The van der Waals surface area contributed by atoms with E-state index in [4.69, 9.17) is 19.6 Å². The Morgan fingerprint density at radius 2 is 2.06 bits per heavy atom. The molecule has 3 N–H and O–H groups in total. The Hall–Kier alpha value is -4.05.